The molecule has 0 rings (SSSR count). The molecule has 92 valence electrons. The van der Waals surface area contributed by atoms with Gasteiger partial charge >= 0.3 is 6.36 Å². The highest BCUT2D eigenvalue weighted by molar-refractivity contribution is 4.59. The summed E-state index contributed by atoms with van der Waals surface area (Å²) in [6, 6.07) is 0. The lowest BCUT2D eigenvalue weighted by Crippen LogP contribution is -2.34. The summed E-state index contributed by atoms with van der Waals surface area (Å²) in [6.45, 7) is 0.0551. The SMILES string of the molecule is COCC(O)CN(C)CCOC(F)(F)F. The lowest BCUT2D eigenvalue weighted by atomic mass is 10.3. The second-order valence-corrected chi connectivity index (χ2v) is 3.17. The number of rotatable bonds is 7. The van der Waals surface area contributed by atoms with Crippen molar-refractivity contribution in [3.05, 3.63) is 0 Å². The molecule has 0 fully saturated rings. The van der Waals surface area contributed by atoms with Gasteiger partial charge < -0.3 is 14.7 Å². The van der Waals surface area contributed by atoms with E-state index >= 15 is 0 Å². The van der Waals surface area contributed by atoms with Crippen LogP contribution in [0.5, 0.6) is 0 Å². The Morgan fingerprint density at radius 1 is 1.40 bits per heavy atom. The van der Waals surface area contributed by atoms with E-state index in [0.717, 1.165) is 0 Å². The lowest BCUT2D eigenvalue weighted by molar-refractivity contribution is -0.324. The number of likely N-dealkylation sites (N-methyl/N-ethyl adjacent to an activating group) is 1. The average molecular weight is 231 g/mol. The van der Waals surface area contributed by atoms with Crippen LogP contribution in [0.3, 0.4) is 0 Å². The van der Waals surface area contributed by atoms with Crippen molar-refractivity contribution in [1.82, 2.24) is 4.90 Å². The zero-order chi connectivity index (χ0) is 11.9. The molecule has 0 aromatic carbocycles. The fraction of sp³-hybridized carbons (Fsp3) is 1.00. The van der Waals surface area contributed by atoms with Gasteiger partial charge in [0.05, 0.1) is 19.3 Å². The first kappa shape index (κ1) is 14.6. The number of hydrogen-bond acceptors (Lipinski definition) is 4. The number of hydrogen-bond donors (Lipinski definition) is 1. The second-order valence-electron chi connectivity index (χ2n) is 3.17. The van der Waals surface area contributed by atoms with Crippen molar-refractivity contribution in [1.29, 1.82) is 0 Å². The molecule has 0 aliphatic carbocycles. The van der Waals surface area contributed by atoms with Crippen LogP contribution in [0, 0.1) is 0 Å². The molecule has 0 amide bonds. The Bertz CT molecular complexity index is 166. The molecule has 0 spiro atoms. The average Bonchev–Trinajstić information content (AvgIpc) is 2.01. The van der Waals surface area contributed by atoms with E-state index < -0.39 is 19.1 Å². The first-order valence-corrected chi connectivity index (χ1v) is 4.41. The van der Waals surface area contributed by atoms with Gasteiger partial charge in [-0.1, -0.05) is 0 Å². The van der Waals surface area contributed by atoms with Gasteiger partial charge in [0.2, 0.25) is 0 Å². The van der Waals surface area contributed by atoms with Crippen LogP contribution in [-0.2, 0) is 9.47 Å². The van der Waals surface area contributed by atoms with Crippen molar-refractivity contribution >= 4 is 0 Å². The Labute approximate surface area is 86.6 Å². The van der Waals surface area contributed by atoms with Gasteiger partial charge in [0.25, 0.3) is 0 Å². The highest BCUT2D eigenvalue weighted by atomic mass is 19.4. The molecule has 0 aliphatic heterocycles. The molecule has 0 saturated carbocycles. The lowest BCUT2D eigenvalue weighted by Gasteiger charge is -2.20. The molecule has 0 saturated heterocycles. The van der Waals surface area contributed by atoms with E-state index in [1.807, 2.05) is 0 Å². The van der Waals surface area contributed by atoms with Gasteiger partial charge in [0, 0.05) is 20.2 Å². The minimum atomic E-state index is -4.59. The summed E-state index contributed by atoms with van der Waals surface area (Å²) in [7, 11) is 3.04. The Balaban J connectivity index is 3.53. The molecule has 15 heavy (non-hydrogen) atoms. The van der Waals surface area contributed by atoms with Crippen LogP contribution in [0.1, 0.15) is 0 Å². The standard InChI is InChI=1S/C8H16F3NO3/c1-12(5-7(13)6-14-2)3-4-15-8(9,10)11/h7,13H,3-6H2,1-2H3. The van der Waals surface area contributed by atoms with Crippen molar-refractivity contribution in [2.75, 3.05) is 40.5 Å². The van der Waals surface area contributed by atoms with Crippen molar-refractivity contribution < 1.29 is 27.8 Å². The fourth-order valence-electron chi connectivity index (χ4n) is 1.01. The van der Waals surface area contributed by atoms with Crippen molar-refractivity contribution in [3.8, 4) is 0 Å². The van der Waals surface area contributed by atoms with Crippen molar-refractivity contribution in [3.63, 3.8) is 0 Å². The van der Waals surface area contributed by atoms with Crippen LogP contribution in [-0.4, -0.2) is 62.9 Å². The monoisotopic (exact) mass is 231 g/mol. The molecule has 0 bridgehead atoms. The molecular formula is C8H16F3NO3. The summed E-state index contributed by atoms with van der Waals surface area (Å²) >= 11 is 0. The molecule has 0 radical (unpaired) electrons. The largest absolute Gasteiger partial charge is 0.522 e. The fourth-order valence-corrected chi connectivity index (χ4v) is 1.01. The van der Waals surface area contributed by atoms with E-state index in [9.17, 15) is 18.3 Å². The first-order chi connectivity index (χ1) is 6.85. The highest BCUT2D eigenvalue weighted by Gasteiger charge is 2.28. The van der Waals surface area contributed by atoms with Gasteiger partial charge in [0.15, 0.2) is 0 Å². The van der Waals surface area contributed by atoms with Crippen LogP contribution in [0.15, 0.2) is 0 Å². The number of aliphatic hydroxyl groups excluding tert-OH is 1. The van der Waals surface area contributed by atoms with Crippen LogP contribution in [0.25, 0.3) is 0 Å². The quantitative estimate of drug-likeness (QED) is 0.691. The van der Waals surface area contributed by atoms with Crippen molar-refractivity contribution in [2.24, 2.45) is 0 Å². The van der Waals surface area contributed by atoms with Gasteiger partial charge in [0.1, 0.15) is 0 Å². The molecule has 0 aromatic rings. The molecule has 0 aliphatic rings. The normalized spacial score (nSPS) is 14.6. The third-order valence-electron chi connectivity index (χ3n) is 1.62. The van der Waals surface area contributed by atoms with Crippen LogP contribution >= 0.6 is 0 Å². The predicted octanol–water partition coefficient (Wildman–Crippen LogP) is 0.462. The van der Waals surface area contributed by atoms with E-state index in [1.165, 1.54) is 12.0 Å². The Hall–Kier alpha value is -0.370. The summed E-state index contributed by atoms with van der Waals surface area (Å²) < 4.78 is 43.0. The second kappa shape index (κ2) is 7.00. The van der Waals surface area contributed by atoms with Gasteiger partial charge in [-0.15, -0.1) is 13.2 Å². The summed E-state index contributed by atoms with van der Waals surface area (Å²) in [5.74, 6) is 0. The third-order valence-corrected chi connectivity index (χ3v) is 1.62. The molecular weight excluding hydrogens is 215 g/mol. The van der Waals surface area contributed by atoms with Gasteiger partial charge in [-0.25, -0.2) is 0 Å². The molecule has 1 N–H and O–H groups in total. The van der Waals surface area contributed by atoms with Gasteiger partial charge in [-0.05, 0) is 7.05 Å². The van der Waals surface area contributed by atoms with E-state index in [1.54, 1.807) is 7.05 Å². The maximum Gasteiger partial charge on any atom is 0.522 e. The van der Waals surface area contributed by atoms with Crippen LogP contribution in [0.2, 0.25) is 0 Å². The Kier molecular flexibility index (Phi) is 6.82. The summed E-state index contributed by atoms with van der Waals surface area (Å²) in [5.41, 5.74) is 0. The van der Waals surface area contributed by atoms with Crippen molar-refractivity contribution in [2.45, 2.75) is 12.5 Å². The zero-order valence-corrected chi connectivity index (χ0v) is 8.75. The number of nitrogens with zero attached hydrogens (tertiary/aromatic N) is 1. The molecule has 1 atom stereocenters. The molecule has 0 heterocycles. The molecule has 7 heteroatoms. The highest BCUT2D eigenvalue weighted by Crippen LogP contribution is 2.15. The van der Waals surface area contributed by atoms with E-state index in [2.05, 4.69) is 9.47 Å². The number of halogens is 3. The topological polar surface area (TPSA) is 41.9 Å². The Morgan fingerprint density at radius 3 is 2.47 bits per heavy atom. The maximum atomic E-state index is 11.6. The van der Waals surface area contributed by atoms with E-state index in [4.69, 9.17) is 0 Å². The number of methoxy groups -OCH3 is 1. The summed E-state index contributed by atoms with van der Waals surface area (Å²) in [5, 5.41) is 9.25. The predicted molar refractivity (Wildman–Crippen MR) is 47.4 cm³/mol. The van der Waals surface area contributed by atoms with Crippen LogP contribution < -0.4 is 0 Å². The number of ether oxygens (including phenoxy) is 2. The van der Waals surface area contributed by atoms with Crippen LogP contribution in [0.4, 0.5) is 13.2 Å². The minimum absolute atomic E-state index is 0.0975. The molecule has 1 unspecified atom stereocenters. The zero-order valence-electron chi connectivity index (χ0n) is 8.75. The smallest absolute Gasteiger partial charge is 0.389 e. The van der Waals surface area contributed by atoms with E-state index in [-0.39, 0.29) is 19.7 Å². The number of aliphatic hydroxyl groups is 1. The Morgan fingerprint density at radius 2 is 2.00 bits per heavy atom. The third kappa shape index (κ3) is 9.92. The van der Waals surface area contributed by atoms with Gasteiger partial charge in [-0.2, -0.15) is 0 Å². The number of alkyl halides is 3. The van der Waals surface area contributed by atoms with Gasteiger partial charge in [-0.3, -0.25) is 4.74 Å². The summed E-state index contributed by atoms with van der Waals surface area (Å²) in [4.78, 5) is 1.54. The first-order valence-electron chi connectivity index (χ1n) is 4.41. The summed E-state index contributed by atoms with van der Waals surface area (Å²) in [6.07, 6.45) is -5.29. The minimum Gasteiger partial charge on any atom is -0.389 e. The molecule has 0 aromatic heterocycles. The van der Waals surface area contributed by atoms with E-state index in [0.29, 0.717) is 0 Å². The molecule has 4 nitrogen and oxygen atoms in total. The maximum absolute atomic E-state index is 11.6.